The Morgan fingerprint density at radius 2 is 1.82 bits per heavy atom. The van der Waals surface area contributed by atoms with Crippen molar-refractivity contribution in [3.05, 3.63) is 77.6 Å². The van der Waals surface area contributed by atoms with Gasteiger partial charge in [0.15, 0.2) is 5.16 Å². The molecule has 1 aromatic heterocycles. The number of nitrogens with one attached hydrogen (secondary N) is 1. The van der Waals surface area contributed by atoms with Gasteiger partial charge in [-0.25, -0.2) is 4.98 Å². The van der Waals surface area contributed by atoms with E-state index in [0.717, 1.165) is 49.3 Å². The van der Waals surface area contributed by atoms with Gasteiger partial charge in [-0.3, -0.25) is 14.3 Å². The van der Waals surface area contributed by atoms with Gasteiger partial charge < -0.3 is 10.1 Å². The molecule has 0 radical (unpaired) electrons. The van der Waals surface area contributed by atoms with Gasteiger partial charge in [-0.2, -0.15) is 0 Å². The lowest BCUT2D eigenvalue weighted by Gasteiger charge is -2.27. The van der Waals surface area contributed by atoms with Crippen molar-refractivity contribution in [2.24, 2.45) is 0 Å². The zero-order valence-electron chi connectivity index (χ0n) is 19.4. The fourth-order valence-corrected chi connectivity index (χ4v) is 4.83. The Labute approximate surface area is 200 Å². The first-order valence-electron chi connectivity index (χ1n) is 11.5. The van der Waals surface area contributed by atoms with Gasteiger partial charge in [-0.05, 0) is 28.7 Å². The molecule has 0 atom stereocenters. The Kier molecular flexibility index (Phi) is 8.20. The monoisotopic (exact) mass is 464 g/mol. The van der Waals surface area contributed by atoms with Crippen molar-refractivity contribution in [2.45, 2.75) is 38.0 Å². The first-order valence-corrected chi connectivity index (χ1v) is 12.5. The standard InChI is InChI=1S/C26H32N4O2S/c1-20(2)23-9-5-6-10-24(23)30-12-11-27-26(30)33-19-25(31)28-17-21-7-3-4-8-22(21)18-29-13-15-32-16-14-29/h3-12,20H,13-19H2,1-2H3,(H,28,31). The highest BCUT2D eigenvalue weighted by molar-refractivity contribution is 7.99. The smallest absolute Gasteiger partial charge is 0.230 e. The number of ether oxygens (including phenoxy) is 1. The van der Waals surface area contributed by atoms with Crippen LogP contribution in [0, 0.1) is 0 Å². The molecule has 4 rings (SSSR count). The van der Waals surface area contributed by atoms with Gasteiger partial charge in [-0.15, -0.1) is 0 Å². The number of benzene rings is 2. The molecule has 174 valence electrons. The number of para-hydroxylation sites is 1. The zero-order valence-corrected chi connectivity index (χ0v) is 20.2. The molecule has 1 fully saturated rings. The maximum Gasteiger partial charge on any atom is 0.230 e. The van der Waals surface area contributed by atoms with Gasteiger partial charge in [-0.1, -0.05) is 68.1 Å². The van der Waals surface area contributed by atoms with Crippen LogP contribution >= 0.6 is 11.8 Å². The van der Waals surface area contributed by atoms with E-state index in [2.05, 4.69) is 70.0 Å². The summed E-state index contributed by atoms with van der Waals surface area (Å²) in [5.41, 5.74) is 4.80. The highest BCUT2D eigenvalue weighted by atomic mass is 32.2. The van der Waals surface area contributed by atoms with E-state index in [4.69, 9.17) is 4.74 Å². The minimum absolute atomic E-state index is 0.00729. The second kappa shape index (κ2) is 11.5. The van der Waals surface area contributed by atoms with Crippen LogP contribution in [0.5, 0.6) is 0 Å². The zero-order chi connectivity index (χ0) is 23.0. The summed E-state index contributed by atoms with van der Waals surface area (Å²) in [5, 5.41) is 3.91. The Bertz CT molecular complexity index is 1060. The van der Waals surface area contributed by atoms with Gasteiger partial charge in [0, 0.05) is 38.6 Å². The maximum atomic E-state index is 12.6. The molecule has 2 heterocycles. The van der Waals surface area contributed by atoms with E-state index in [9.17, 15) is 4.79 Å². The topological polar surface area (TPSA) is 59.4 Å². The van der Waals surface area contributed by atoms with E-state index < -0.39 is 0 Å². The number of carbonyl (C=O) groups is 1. The van der Waals surface area contributed by atoms with Gasteiger partial charge in [0.1, 0.15) is 0 Å². The fourth-order valence-electron chi connectivity index (χ4n) is 4.03. The van der Waals surface area contributed by atoms with Crippen LogP contribution in [0.15, 0.2) is 66.1 Å². The van der Waals surface area contributed by atoms with Crippen LogP contribution in [0.1, 0.15) is 36.5 Å². The number of rotatable bonds is 9. The minimum Gasteiger partial charge on any atom is -0.379 e. The summed E-state index contributed by atoms with van der Waals surface area (Å²) in [5.74, 6) is 0.738. The third-order valence-electron chi connectivity index (χ3n) is 5.85. The summed E-state index contributed by atoms with van der Waals surface area (Å²) in [7, 11) is 0. The summed E-state index contributed by atoms with van der Waals surface area (Å²) < 4.78 is 7.53. The maximum absolute atomic E-state index is 12.6. The quantitative estimate of drug-likeness (QED) is 0.480. The summed E-state index contributed by atoms with van der Waals surface area (Å²) in [6.45, 7) is 9.26. The lowest BCUT2D eigenvalue weighted by molar-refractivity contribution is -0.118. The van der Waals surface area contributed by atoms with E-state index in [1.165, 1.54) is 22.9 Å². The number of carbonyl (C=O) groups excluding carboxylic acids is 1. The Balaban J connectivity index is 1.34. The predicted octanol–water partition coefficient (Wildman–Crippen LogP) is 4.24. The molecule has 33 heavy (non-hydrogen) atoms. The van der Waals surface area contributed by atoms with E-state index in [1.807, 2.05) is 18.3 Å². The molecule has 6 nitrogen and oxygen atoms in total. The second-order valence-electron chi connectivity index (χ2n) is 8.52. The van der Waals surface area contributed by atoms with Crippen molar-refractivity contribution < 1.29 is 9.53 Å². The van der Waals surface area contributed by atoms with Crippen molar-refractivity contribution in [2.75, 3.05) is 32.1 Å². The Morgan fingerprint density at radius 1 is 1.09 bits per heavy atom. The molecule has 1 aliphatic rings. The largest absolute Gasteiger partial charge is 0.379 e. The van der Waals surface area contributed by atoms with Crippen LogP contribution in [0.25, 0.3) is 5.69 Å². The van der Waals surface area contributed by atoms with Gasteiger partial charge in [0.05, 0.1) is 24.7 Å². The number of amides is 1. The molecule has 1 amide bonds. The number of aromatic nitrogens is 2. The third-order valence-corrected chi connectivity index (χ3v) is 6.82. The molecule has 0 saturated carbocycles. The van der Waals surface area contributed by atoms with E-state index >= 15 is 0 Å². The average Bonchev–Trinajstić information content (AvgIpc) is 3.31. The average molecular weight is 465 g/mol. The van der Waals surface area contributed by atoms with E-state index in [1.54, 1.807) is 6.20 Å². The number of morpholine rings is 1. The summed E-state index contributed by atoms with van der Waals surface area (Å²) in [4.78, 5) is 19.5. The predicted molar refractivity (Wildman–Crippen MR) is 133 cm³/mol. The van der Waals surface area contributed by atoms with E-state index in [0.29, 0.717) is 18.2 Å². The molecule has 2 aromatic carbocycles. The lowest BCUT2D eigenvalue weighted by atomic mass is 10.0. The molecule has 3 aromatic rings. The number of hydrogen-bond donors (Lipinski definition) is 1. The SMILES string of the molecule is CC(C)c1ccccc1-n1ccnc1SCC(=O)NCc1ccccc1CN1CCOCC1. The number of hydrogen-bond acceptors (Lipinski definition) is 5. The molecule has 1 N–H and O–H groups in total. The molecule has 0 unspecified atom stereocenters. The van der Waals surface area contributed by atoms with Crippen molar-refractivity contribution in [3.63, 3.8) is 0 Å². The summed E-state index contributed by atoms with van der Waals surface area (Å²) in [6, 6.07) is 16.7. The summed E-state index contributed by atoms with van der Waals surface area (Å²) in [6.07, 6.45) is 3.75. The highest BCUT2D eigenvalue weighted by Gasteiger charge is 2.15. The number of thioether (sulfide) groups is 1. The number of nitrogens with zero attached hydrogens (tertiary/aromatic N) is 3. The lowest BCUT2D eigenvalue weighted by Crippen LogP contribution is -2.36. The van der Waals surface area contributed by atoms with Crippen LogP contribution in [0.3, 0.4) is 0 Å². The molecule has 0 spiro atoms. The number of imidazole rings is 1. The van der Waals surface area contributed by atoms with Gasteiger partial charge in [0.2, 0.25) is 5.91 Å². The molecular formula is C26H32N4O2S. The fraction of sp³-hybridized carbons (Fsp3) is 0.385. The molecule has 7 heteroatoms. The first kappa shape index (κ1) is 23.5. The van der Waals surface area contributed by atoms with E-state index in [-0.39, 0.29) is 5.91 Å². The van der Waals surface area contributed by atoms with Crippen LogP contribution in [0.2, 0.25) is 0 Å². The minimum atomic E-state index is 0.00729. The van der Waals surface area contributed by atoms with Crippen LogP contribution in [0.4, 0.5) is 0 Å². The molecule has 0 aliphatic carbocycles. The first-order chi connectivity index (χ1) is 16.1. The molecule has 1 saturated heterocycles. The summed E-state index contributed by atoms with van der Waals surface area (Å²) >= 11 is 1.46. The van der Waals surface area contributed by atoms with Crippen molar-refractivity contribution in [1.82, 2.24) is 19.8 Å². The molecule has 1 aliphatic heterocycles. The highest BCUT2D eigenvalue weighted by Crippen LogP contribution is 2.27. The van der Waals surface area contributed by atoms with Gasteiger partial charge in [0.25, 0.3) is 0 Å². The van der Waals surface area contributed by atoms with Crippen molar-refractivity contribution >= 4 is 17.7 Å². The Morgan fingerprint density at radius 3 is 2.61 bits per heavy atom. The Hall–Kier alpha value is -2.61. The van der Waals surface area contributed by atoms with Crippen molar-refractivity contribution in [3.8, 4) is 5.69 Å². The van der Waals surface area contributed by atoms with Gasteiger partial charge >= 0.3 is 0 Å². The van der Waals surface area contributed by atoms with Crippen molar-refractivity contribution in [1.29, 1.82) is 0 Å². The normalized spacial score (nSPS) is 14.5. The van der Waals surface area contributed by atoms with Crippen LogP contribution < -0.4 is 5.32 Å². The van der Waals surface area contributed by atoms with Crippen LogP contribution in [-0.2, 0) is 22.6 Å². The van der Waals surface area contributed by atoms with Crippen LogP contribution in [-0.4, -0.2) is 52.4 Å². The second-order valence-corrected chi connectivity index (χ2v) is 9.46. The molecular weight excluding hydrogens is 432 g/mol. The molecule has 0 bridgehead atoms. The third kappa shape index (κ3) is 6.25.